The van der Waals surface area contributed by atoms with Crippen LogP contribution in [0.4, 0.5) is 0 Å². The first-order valence-corrected chi connectivity index (χ1v) is 9.27. The third kappa shape index (κ3) is 3.79. The summed E-state index contributed by atoms with van der Waals surface area (Å²) in [7, 11) is 3.12. The molecule has 1 aromatic rings. The van der Waals surface area contributed by atoms with E-state index in [9.17, 15) is 14.7 Å². The molecule has 1 aliphatic carbocycles. The van der Waals surface area contributed by atoms with E-state index in [1.807, 2.05) is 6.07 Å². The van der Waals surface area contributed by atoms with Gasteiger partial charge in [-0.2, -0.15) is 0 Å². The third-order valence-electron chi connectivity index (χ3n) is 5.62. The maximum Gasteiger partial charge on any atom is 0.223 e. The maximum atomic E-state index is 12.9. The van der Waals surface area contributed by atoms with E-state index in [0.29, 0.717) is 36.8 Å². The Bertz CT molecular complexity index is 681. The molecule has 142 valence electrons. The molecule has 1 aromatic carbocycles. The highest BCUT2D eigenvalue weighted by molar-refractivity contribution is 5.78. The highest BCUT2D eigenvalue weighted by Crippen LogP contribution is 2.40. The average Bonchev–Trinajstić information content (AvgIpc) is 3.13. The minimum Gasteiger partial charge on any atom is -0.550 e. The molecule has 3 rings (SSSR count). The van der Waals surface area contributed by atoms with Crippen molar-refractivity contribution in [1.82, 2.24) is 4.90 Å². The number of carboxylic acid groups (broad SMARTS) is 1. The van der Waals surface area contributed by atoms with Crippen LogP contribution in [0.1, 0.15) is 55.7 Å². The summed E-state index contributed by atoms with van der Waals surface area (Å²) in [6.07, 6.45) is 5.51. The number of aliphatic carboxylic acids is 1. The SMILES string of the molecule is COc1cc2c(cc1OC)[C@H](CC(=O)[O-])N(C(=O)CC1CCCC1)CC2. The molecule has 6 nitrogen and oxygen atoms in total. The van der Waals surface area contributed by atoms with E-state index in [4.69, 9.17) is 9.47 Å². The predicted octanol–water partition coefficient (Wildman–Crippen LogP) is 1.85. The van der Waals surface area contributed by atoms with E-state index in [2.05, 4.69) is 0 Å². The molecule has 0 saturated heterocycles. The Morgan fingerprint density at radius 1 is 1.12 bits per heavy atom. The lowest BCUT2D eigenvalue weighted by Crippen LogP contribution is -2.43. The van der Waals surface area contributed by atoms with Crippen molar-refractivity contribution >= 4 is 11.9 Å². The lowest BCUT2D eigenvalue weighted by Gasteiger charge is -2.38. The van der Waals surface area contributed by atoms with Gasteiger partial charge in [-0.1, -0.05) is 12.8 Å². The number of carbonyl (C=O) groups is 2. The minimum absolute atomic E-state index is 0.0450. The number of hydrogen-bond acceptors (Lipinski definition) is 5. The Hall–Kier alpha value is -2.24. The Morgan fingerprint density at radius 2 is 1.77 bits per heavy atom. The highest BCUT2D eigenvalue weighted by Gasteiger charge is 2.33. The van der Waals surface area contributed by atoms with Crippen molar-refractivity contribution in [3.05, 3.63) is 23.3 Å². The van der Waals surface area contributed by atoms with E-state index in [0.717, 1.165) is 24.0 Å². The lowest BCUT2D eigenvalue weighted by molar-refractivity contribution is -0.306. The third-order valence-corrected chi connectivity index (χ3v) is 5.62. The van der Waals surface area contributed by atoms with Gasteiger partial charge in [-0.25, -0.2) is 0 Å². The van der Waals surface area contributed by atoms with E-state index in [1.54, 1.807) is 25.2 Å². The number of benzene rings is 1. The molecule has 2 aliphatic rings. The summed E-state index contributed by atoms with van der Waals surface area (Å²) in [6, 6.07) is 3.17. The van der Waals surface area contributed by atoms with Crippen molar-refractivity contribution in [3.8, 4) is 11.5 Å². The second-order valence-corrected chi connectivity index (χ2v) is 7.19. The molecule has 0 N–H and O–H groups in total. The van der Waals surface area contributed by atoms with Crippen molar-refractivity contribution in [3.63, 3.8) is 0 Å². The van der Waals surface area contributed by atoms with Crippen LogP contribution in [0.2, 0.25) is 0 Å². The molecule has 1 saturated carbocycles. The fourth-order valence-electron chi connectivity index (χ4n) is 4.28. The zero-order valence-corrected chi connectivity index (χ0v) is 15.5. The van der Waals surface area contributed by atoms with Crippen LogP contribution in [-0.2, 0) is 16.0 Å². The van der Waals surface area contributed by atoms with Gasteiger partial charge in [0.05, 0.1) is 20.3 Å². The van der Waals surface area contributed by atoms with E-state index in [1.165, 1.54) is 12.8 Å². The van der Waals surface area contributed by atoms with Gasteiger partial charge in [0.1, 0.15) is 0 Å². The standard InChI is InChI=1S/C20H27NO5/c1-25-17-10-14-7-8-21(19(22)9-13-5-3-4-6-13)16(12-20(23)24)15(14)11-18(17)26-2/h10-11,13,16H,3-9,12H2,1-2H3,(H,23,24)/p-1/t16-/m0/s1. The topological polar surface area (TPSA) is 78.9 Å². The van der Waals surface area contributed by atoms with Gasteiger partial charge in [0.15, 0.2) is 11.5 Å². The first-order chi connectivity index (χ1) is 12.5. The van der Waals surface area contributed by atoms with Gasteiger partial charge in [0.2, 0.25) is 5.91 Å². The lowest BCUT2D eigenvalue weighted by atomic mass is 9.89. The fourth-order valence-corrected chi connectivity index (χ4v) is 4.28. The van der Waals surface area contributed by atoms with Gasteiger partial charge in [-0.3, -0.25) is 4.79 Å². The monoisotopic (exact) mass is 360 g/mol. The average molecular weight is 360 g/mol. The largest absolute Gasteiger partial charge is 0.550 e. The smallest absolute Gasteiger partial charge is 0.223 e. The van der Waals surface area contributed by atoms with Crippen LogP contribution in [0.25, 0.3) is 0 Å². The summed E-state index contributed by atoms with van der Waals surface area (Å²) in [5, 5.41) is 11.4. The van der Waals surface area contributed by atoms with Gasteiger partial charge >= 0.3 is 0 Å². The van der Waals surface area contributed by atoms with Crippen LogP contribution >= 0.6 is 0 Å². The number of carboxylic acids is 1. The molecule has 26 heavy (non-hydrogen) atoms. The number of fused-ring (bicyclic) bond motifs is 1. The number of rotatable bonds is 6. The van der Waals surface area contributed by atoms with Crippen molar-refractivity contribution in [2.24, 2.45) is 5.92 Å². The molecular formula is C20H26NO5-. The molecule has 1 aliphatic heterocycles. The molecule has 1 heterocycles. The first-order valence-electron chi connectivity index (χ1n) is 9.27. The molecule has 1 atom stereocenters. The molecule has 0 unspecified atom stereocenters. The zero-order valence-electron chi connectivity index (χ0n) is 15.5. The summed E-state index contributed by atoms with van der Waals surface area (Å²) in [5.41, 5.74) is 1.82. The van der Waals surface area contributed by atoms with Crippen molar-refractivity contribution in [2.45, 2.75) is 51.0 Å². The number of nitrogens with zero attached hydrogens (tertiary/aromatic N) is 1. The number of hydrogen-bond donors (Lipinski definition) is 0. The van der Waals surface area contributed by atoms with E-state index >= 15 is 0 Å². The molecule has 0 aromatic heterocycles. The molecule has 0 bridgehead atoms. The fraction of sp³-hybridized carbons (Fsp3) is 0.600. The zero-order chi connectivity index (χ0) is 18.7. The van der Waals surface area contributed by atoms with Gasteiger partial charge in [-0.15, -0.1) is 0 Å². The predicted molar refractivity (Wildman–Crippen MR) is 93.9 cm³/mol. The molecule has 0 spiro atoms. The maximum absolute atomic E-state index is 12.9. The first kappa shape index (κ1) is 18.5. The molecule has 1 amide bonds. The summed E-state index contributed by atoms with van der Waals surface area (Å²) < 4.78 is 10.7. The Labute approximate surface area is 154 Å². The van der Waals surface area contributed by atoms with E-state index in [-0.39, 0.29) is 12.3 Å². The van der Waals surface area contributed by atoms with Crippen LogP contribution in [0.15, 0.2) is 12.1 Å². The number of ether oxygens (including phenoxy) is 2. The number of methoxy groups -OCH3 is 2. The Morgan fingerprint density at radius 3 is 2.38 bits per heavy atom. The molecular weight excluding hydrogens is 334 g/mol. The van der Waals surface area contributed by atoms with Crippen LogP contribution in [0.3, 0.4) is 0 Å². The van der Waals surface area contributed by atoms with Gasteiger partial charge in [0, 0.05) is 25.4 Å². The van der Waals surface area contributed by atoms with Crippen LogP contribution in [0.5, 0.6) is 11.5 Å². The summed E-state index contributed by atoms with van der Waals surface area (Å²) in [5.74, 6) is 0.474. The molecule has 6 heteroatoms. The van der Waals surface area contributed by atoms with Crippen molar-refractivity contribution in [2.75, 3.05) is 20.8 Å². The van der Waals surface area contributed by atoms with Gasteiger partial charge in [-0.05, 0) is 48.4 Å². The van der Waals surface area contributed by atoms with E-state index < -0.39 is 12.0 Å². The summed E-state index contributed by atoms with van der Waals surface area (Å²) in [4.78, 5) is 26.0. The summed E-state index contributed by atoms with van der Waals surface area (Å²) in [6.45, 7) is 0.520. The Balaban J connectivity index is 1.90. The van der Waals surface area contributed by atoms with Crippen LogP contribution in [0, 0.1) is 5.92 Å². The molecule has 1 fully saturated rings. The number of carbonyl (C=O) groups excluding carboxylic acids is 2. The quantitative estimate of drug-likeness (QED) is 0.774. The van der Waals surface area contributed by atoms with Crippen molar-refractivity contribution in [1.29, 1.82) is 0 Å². The number of amides is 1. The highest BCUT2D eigenvalue weighted by atomic mass is 16.5. The minimum atomic E-state index is -1.16. The van der Waals surface area contributed by atoms with Crippen LogP contribution < -0.4 is 14.6 Å². The van der Waals surface area contributed by atoms with Crippen molar-refractivity contribution < 1.29 is 24.2 Å². The van der Waals surface area contributed by atoms with Gasteiger partial charge < -0.3 is 24.3 Å². The second kappa shape index (κ2) is 7.98. The Kier molecular flexibility index (Phi) is 5.69. The van der Waals surface area contributed by atoms with Gasteiger partial charge in [0.25, 0.3) is 0 Å². The van der Waals surface area contributed by atoms with Crippen LogP contribution in [-0.4, -0.2) is 37.5 Å². The normalized spacial score (nSPS) is 19.9. The second-order valence-electron chi connectivity index (χ2n) is 7.19. The summed E-state index contributed by atoms with van der Waals surface area (Å²) >= 11 is 0. The molecule has 0 radical (unpaired) electrons.